The van der Waals surface area contributed by atoms with Crippen molar-refractivity contribution in [2.75, 3.05) is 0 Å². The van der Waals surface area contributed by atoms with Gasteiger partial charge in [0.1, 0.15) is 11.3 Å². The van der Waals surface area contributed by atoms with Gasteiger partial charge in [-0.2, -0.15) is 0 Å². The molecular weight excluding hydrogens is 359 g/mol. The van der Waals surface area contributed by atoms with E-state index in [0.717, 1.165) is 0 Å². The van der Waals surface area contributed by atoms with Crippen molar-refractivity contribution in [1.29, 1.82) is 0 Å². The van der Waals surface area contributed by atoms with Crippen molar-refractivity contribution < 1.29 is 59.1 Å². The molecule has 0 heterocycles. The van der Waals surface area contributed by atoms with Gasteiger partial charge in [0.05, 0.1) is 0 Å². The molecule has 0 fully saturated rings. The quantitative estimate of drug-likeness (QED) is 0.784. The van der Waals surface area contributed by atoms with Crippen LogP contribution in [0.2, 0.25) is 0 Å². The van der Waals surface area contributed by atoms with E-state index in [0.29, 0.717) is 0 Å². The third kappa shape index (κ3) is 2.80. The van der Waals surface area contributed by atoms with Gasteiger partial charge in [0.2, 0.25) is 0 Å². The van der Waals surface area contributed by atoms with Gasteiger partial charge in [-0.3, -0.25) is 0 Å². The van der Waals surface area contributed by atoms with Gasteiger partial charge in [-0.1, -0.05) is 12.1 Å². The second-order valence-corrected chi connectivity index (χ2v) is 1.82. The zero-order chi connectivity index (χ0) is 7.56. The summed E-state index contributed by atoms with van der Waals surface area (Å²) in [7, 11) is 0. The molecule has 55 valence electrons. The van der Waals surface area contributed by atoms with E-state index < -0.39 is 5.97 Å². The number of aromatic hydroxyl groups is 1. The topological polar surface area (TPSA) is 57.5 Å². The normalized spacial score (nSPS) is 8.36. The molecular formula is C7H6AcO3. The van der Waals surface area contributed by atoms with Crippen LogP contribution in [0.15, 0.2) is 24.3 Å². The third-order valence-electron chi connectivity index (χ3n) is 1.13. The van der Waals surface area contributed by atoms with E-state index in [2.05, 4.69) is 0 Å². The van der Waals surface area contributed by atoms with Crippen LogP contribution >= 0.6 is 0 Å². The summed E-state index contributed by atoms with van der Waals surface area (Å²) in [4.78, 5) is 10.3. The summed E-state index contributed by atoms with van der Waals surface area (Å²) in [5, 5.41) is 17.3. The monoisotopic (exact) mass is 365 g/mol. The molecule has 1 aromatic carbocycles. The fourth-order valence-corrected chi connectivity index (χ4v) is 0.654. The molecule has 0 bridgehead atoms. The molecule has 0 saturated carbocycles. The molecule has 0 amide bonds. The van der Waals surface area contributed by atoms with Gasteiger partial charge in [-0.05, 0) is 12.1 Å². The Bertz CT molecular complexity index is 260. The standard InChI is InChI=1S/C7H6O3.Ac/c8-6-4-2-1-3-5(6)7(9)10;/h1-4,8H,(H,9,10);. The maximum atomic E-state index is 10.3. The van der Waals surface area contributed by atoms with Crippen LogP contribution < -0.4 is 0 Å². The SMILES string of the molecule is O=C(O)c1ccccc1O.[Ac]. The molecule has 0 aliphatic rings. The minimum Gasteiger partial charge on any atom is -0.507 e. The number of hydrogen-bond acceptors (Lipinski definition) is 2. The molecule has 4 heteroatoms. The van der Waals surface area contributed by atoms with E-state index in [4.69, 9.17) is 10.2 Å². The summed E-state index contributed by atoms with van der Waals surface area (Å²) in [6, 6.07) is 5.81. The molecule has 0 aromatic heterocycles. The van der Waals surface area contributed by atoms with Gasteiger partial charge in [0.15, 0.2) is 0 Å². The molecule has 0 saturated heterocycles. The summed E-state index contributed by atoms with van der Waals surface area (Å²) < 4.78 is 0. The van der Waals surface area contributed by atoms with E-state index in [-0.39, 0.29) is 55.4 Å². The Balaban J connectivity index is 0.000001000. The van der Waals surface area contributed by atoms with Gasteiger partial charge in [-0.25, -0.2) is 4.79 Å². The number of carboxylic acids is 1. The maximum Gasteiger partial charge on any atom is 0.339 e. The van der Waals surface area contributed by atoms with Gasteiger partial charge < -0.3 is 10.2 Å². The van der Waals surface area contributed by atoms with Crippen LogP contribution in [-0.2, 0) is 0 Å². The Labute approximate surface area is 99.6 Å². The van der Waals surface area contributed by atoms with Crippen LogP contribution in [0, 0.1) is 44.1 Å². The molecule has 11 heavy (non-hydrogen) atoms. The first-order chi connectivity index (χ1) is 4.72. The number of benzene rings is 1. The molecule has 0 aliphatic carbocycles. The minimum atomic E-state index is -1.11. The average Bonchev–Trinajstić information content (AvgIpc) is 1.88. The predicted octanol–water partition coefficient (Wildman–Crippen LogP) is 1.09. The molecule has 3 nitrogen and oxygen atoms in total. The van der Waals surface area contributed by atoms with Crippen molar-refractivity contribution in [2.45, 2.75) is 0 Å². The van der Waals surface area contributed by atoms with Crippen LogP contribution in [0.4, 0.5) is 0 Å². The number of carboxylic acid groups (broad SMARTS) is 1. The van der Waals surface area contributed by atoms with Crippen LogP contribution in [0.25, 0.3) is 0 Å². The average molecular weight is 365 g/mol. The van der Waals surface area contributed by atoms with E-state index in [1.165, 1.54) is 12.1 Å². The van der Waals surface area contributed by atoms with Crippen LogP contribution in [0.1, 0.15) is 10.4 Å². The predicted molar refractivity (Wildman–Crippen MR) is 35.1 cm³/mol. The summed E-state index contributed by atoms with van der Waals surface area (Å²) in [6.07, 6.45) is 0. The van der Waals surface area contributed by atoms with Crippen molar-refractivity contribution in [1.82, 2.24) is 0 Å². The first-order valence-electron chi connectivity index (χ1n) is 2.73. The zero-order valence-electron chi connectivity index (χ0n) is 5.69. The van der Waals surface area contributed by atoms with Gasteiger partial charge >= 0.3 is 5.97 Å². The van der Waals surface area contributed by atoms with E-state index in [9.17, 15) is 4.79 Å². The third-order valence-corrected chi connectivity index (χ3v) is 1.13. The fraction of sp³-hybridized carbons (Fsp3) is 0. The Morgan fingerprint density at radius 2 is 1.82 bits per heavy atom. The van der Waals surface area contributed by atoms with E-state index in [1.54, 1.807) is 12.1 Å². The molecule has 0 atom stereocenters. The first kappa shape index (κ1) is 10.9. The van der Waals surface area contributed by atoms with Gasteiger partial charge in [-0.15, -0.1) is 0 Å². The number of hydrogen-bond donors (Lipinski definition) is 2. The second kappa shape index (κ2) is 4.74. The largest absolute Gasteiger partial charge is 0.507 e. The van der Waals surface area contributed by atoms with Crippen molar-refractivity contribution in [3.8, 4) is 5.75 Å². The van der Waals surface area contributed by atoms with Crippen molar-refractivity contribution in [2.24, 2.45) is 0 Å². The fourth-order valence-electron chi connectivity index (χ4n) is 0.654. The Morgan fingerprint density at radius 3 is 2.18 bits per heavy atom. The molecule has 0 unspecified atom stereocenters. The van der Waals surface area contributed by atoms with Crippen molar-refractivity contribution in [3.63, 3.8) is 0 Å². The Hall–Kier alpha value is -0.0684. The molecule has 0 aliphatic heterocycles. The minimum absolute atomic E-state index is 0. The van der Waals surface area contributed by atoms with Gasteiger partial charge in [0.25, 0.3) is 0 Å². The number of carbonyl (C=O) groups is 1. The van der Waals surface area contributed by atoms with Crippen LogP contribution in [-0.4, -0.2) is 16.2 Å². The molecule has 1 rings (SSSR count). The maximum absolute atomic E-state index is 10.3. The summed E-state index contributed by atoms with van der Waals surface area (Å²) in [6.45, 7) is 0. The summed E-state index contributed by atoms with van der Waals surface area (Å²) >= 11 is 0. The second-order valence-electron chi connectivity index (χ2n) is 1.82. The number of aromatic carboxylic acids is 1. The van der Waals surface area contributed by atoms with Crippen LogP contribution in [0.5, 0.6) is 5.75 Å². The molecule has 1 aromatic rings. The zero-order valence-corrected chi connectivity index (χ0v) is 10.4. The number of phenols is 1. The van der Waals surface area contributed by atoms with E-state index >= 15 is 0 Å². The molecule has 2 N–H and O–H groups in total. The Morgan fingerprint density at radius 1 is 1.27 bits per heavy atom. The molecule has 1 radical (unpaired) electrons. The number of para-hydroxylation sites is 1. The van der Waals surface area contributed by atoms with Crippen molar-refractivity contribution >= 4 is 5.97 Å². The smallest absolute Gasteiger partial charge is 0.339 e. The van der Waals surface area contributed by atoms with Crippen LogP contribution in [0.3, 0.4) is 0 Å². The first-order valence-corrected chi connectivity index (χ1v) is 2.73. The van der Waals surface area contributed by atoms with Crippen molar-refractivity contribution in [3.05, 3.63) is 29.8 Å². The molecule has 0 spiro atoms. The van der Waals surface area contributed by atoms with E-state index in [1.807, 2.05) is 0 Å². The number of rotatable bonds is 1. The summed E-state index contributed by atoms with van der Waals surface area (Å²) in [5.74, 6) is -1.31. The summed E-state index contributed by atoms with van der Waals surface area (Å²) in [5.41, 5.74) is -0.0671. The Kier molecular flexibility index (Phi) is 4.71. The van der Waals surface area contributed by atoms with Gasteiger partial charge in [0, 0.05) is 44.1 Å².